The van der Waals surface area contributed by atoms with Crippen LogP contribution < -0.4 is 0 Å². The van der Waals surface area contributed by atoms with Gasteiger partial charge in [-0.3, -0.25) is 9.59 Å². The molecule has 1 unspecified atom stereocenters. The van der Waals surface area contributed by atoms with Crippen molar-refractivity contribution in [1.82, 2.24) is 4.90 Å². The number of aryl methyl sites for hydroxylation is 1. The predicted molar refractivity (Wildman–Crippen MR) is 90.6 cm³/mol. The van der Waals surface area contributed by atoms with Crippen LogP contribution in [-0.2, 0) is 20.7 Å². The first kappa shape index (κ1) is 19.1. The van der Waals surface area contributed by atoms with Gasteiger partial charge < -0.3 is 9.64 Å². The highest BCUT2D eigenvalue weighted by Crippen LogP contribution is 2.19. The molecule has 1 fully saturated rings. The molecule has 0 N–H and O–H groups in total. The zero-order chi connectivity index (χ0) is 18.6. The molecule has 1 saturated heterocycles. The van der Waals surface area contributed by atoms with Crippen LogP contribution in [0.15, 0.2) is 24.3 Å². The average molecular weight is 349 g/mol. The summed E-state index contributed by atoms with van der Waals surface area (Å²) in [4.78, 5) is 38.1. The van der Waals surface area contributed by atoms with E-state index in [1.807, 2.05) is 0 Å². The van der Waals surface area contributed by atoms with Gasteiger partial charge in [0.05, 0.1) is 5.92 Å². The number of carbonyl (C=O) groups is 3. The number of carbonyl (C=O) groups excluding carboxylic acids is 3. The lowest BCUT2D eigenvalue weighted by molar-refractivity contribution is -0.135. The van der Waals surface area contributed by atoms with Crippen LogP contribution in [0.4, 0.5) is 9.18 Å². The maximum absolute atomic E-state index is 13.2. The van der Waals surface area contributed by atoms with Crippen molar-refractivity contribution in [2.75, 3.05) is 13.1 Å². The Morgan fingerprint density at radius 1 is 1.32 bits per heavy atom. The van der Waals surface area contributed by atoms with E-state index in [4.69, 9.17) is 4.74 Å². The minimum atomic E-state index is -0.824. The molecule has 0 aromatic heterocycles. The number of hydrogen-bond acceptors (Lipinski definition) is 4. The molecular weight excluding hydrogens is 325 g/mol. The lowest BCUT2D eigenvalue weighted by Gasteiger charge is -2.32. The van der Waals surface area contributed by atoms with Gasteiger partial charge >= 0.3 is 6.09 Å². The Labute approximate surface area is 147 Å². The van der Waals surface area contributed by atoms with Crippen LogP contribution in [0.3, 0.4) is 0 Å². The highest BCUT2D eigenvalue weighted by molar-refractivity contribution is 6.03. The van der Waals surface area contributed by atoms with Gasteiger partial charge in [-0.25, -0.2) is 9.18 Å². The molecule has 1 aromatic carbocycles. The van der Waals surface area contributed by atoms with Crippen molar-refractivity contribution in [2.24, 2.45) is 5.92 Å². The van der Waals surface area contributed by atoms with Gasteiger partial charge in [-0.2, -0.15) is 0 Å². The summed E-state index contributed by atoms with van der Waals surface area (Å²) in [5.41, 5.74) is 0.0794. The van der Waals surface area contributed by atoms with Crippen LogP contribution in [0.5, 0.6) is 0 Å². The molecule has 25 heavy (non-hydrogen) atoms. The van der Waals surface area contributed by atoms with Crippen molar-refractivity contribution < 1.29 is 23.5 Å². The molecule has 1 aromatic rings. The number of halogens is 1. The number of Topliss-reactive ketones (excluding diaryl/α,β-unsaturated/α-hetero) is 2. The van der Waals surface area contributed by atoms with Crippen molar-refractivity contribution in [1.29, 1.82) is 0 Å². The summed E-state index contributed by atoms with van der Waals surface area (Å²) in [5.74, 6) is -1.55. The fourth-order valence-electron chi connectivity index (χ4n) is 2.74. The highest BCUT2D eigenvalue weighted by atomic mass is 19.1. The number of ether oxygens (including phenoxy) is 1. The third kappa shape index (κ3) is 5.66. The van der Waals surface area contributed by atoms with E-state index in [0.29, 0.717) is 12.0 Å². The van der Waals surface area contributed by atoms with Crippen LogP contribution in [0, 0.1) is 11.7 Å². The molecular formula is C19H24FNO4. The normalized spacial score (nSPS) is 18.2. The van der Waals surface area contributed by atoms with Crippen LogP contribution >= 0.6 is 0 Å². The summed E-state index contributed by atoms with van der Waals surface area (Å²) < 4.78 is 18.5. The predicted octanol–water partition coefficient (Wildman–Crippen LogP) is 3.15. The zero-order valence-electron chi connectivity index (χ0n) is 14.9. The summed E-state index contributed by atoms with van der Waals surface area (Å²) in [5, 5.41) is 0. The highest BCUT2D eigenvalue weighted by Gasteiger charge is 2.35. The van der Waals surface area contributed by atoms with Crippen LogP contribution in [0.2, 0.25) is 0 Å². The number of likely N-dealkylation sites (tertiary alicyclic amines) is 1. The van der Waals surface area contributed by atoms with E-state index in [1.165, 1.54) is 17.0 Å². The van der Waals surface area contributed by atoms with Crippen LogP contribution in [-0.4, -0.2) is 41.3 Å². The fourth-order valence-corrected chi connectivity index (χ4v) is 2.74. The second-order valence-corrected chi connectivity index (χ2v) is 7.29. The molecule has 0 bridgehead atoms. The number of piperidine rings is 1. The largest absolute Gasteiger partial charge is 0.444 e. The molecule has 1 atom stereocenters. The van der Waals surface area contributed by atoms with E-state index in [0.717, 1.165) is 0 Å². The fraction of sp³-hybridized carbons (Fsp3) is 0.526. The summed E-state index contributed by atoms with van der Waals surface area (Å²) in [6, 6.07) is 6.05. The van der Waals surface area contributed by atoms with Gasteiger partial charge in [0.1, 0.15) is 23.0 Å². The first-order valence-electron chi connectivity index (χ1n) is 8.43. The molecule has 0 spiro atoms. The SMILES string of the molecule is CC(C)(C)OC(=O)N1CCC(=O)C(C(=O)CCc2cccc(F)c2)C1. The van der Waals surface area contributed by atoms with E-state index >= 15 is 0 Å². The molecule has 1 heterocycles. The summed E-state index contributed by atoms with van der Waals surface area (Å²) in [7, 11) is 0. The van der Waals surface area contributed by atoms with E-state index in [9.17, 15) is 18.8 Å². The quantitative estimate of drug-likeness (QED) is 0.784. The molecule has 136 valence electrons. The average Bonchev–Trinajstić information content (AvgIpc) is 2.51. The molecule has 0 aliphatic carbocycles. The number of nitrogens with zero attached hydrogens (tertiary/aromatic N) is 1. The van der Waals surface area contributed by atoms with Crippen molar-refractivity contribution in [3.05, 3.63) is 35.6 Å². The van der Waals surface area contributed by atoms with Gasteiger partial charge in [-0.05, 0) is 44.9 Å². The summed E-state index contributed by atoms with van der Waals surface area (Å²) in [6.07, 6.45) is 0.146. The van der Waals surface area contributed by atoms with E-state index in [2.05, 4.69) is 0 Å². The van der Waals surface area contributed by atoms with Gasteiger partial charge in [0, 0.05) is 25.9 Å². The van der Waals surface area contributed by atoms with Crippen molar-refractivity contribution in [3.63, 3.8) is 0 Å². The Balaban J connectivity index is 1.95. The maximum Gasteiger partial charge on any atom is 0.410 e. The monoisotopic (exact) mass is 349 g/mol. The van der Waals surface area contributed by atoms with Crippen LogP contribution in [0.25, 0.3) is 0 Å². The Morgan fingerprint density at radius 3 is 2.68 bits per heavy atom. The van der Waals surface area contributed by atoms with Gasteiger partial charge in [0.15, 0.2) is 0 Å². The van der Waals surface area contributed by atoms with E-state index < -0.39 is 17.6 Å². The Bertz CT molecular complexity index is 666. The minimum absolute atomic E-state index is 0.0513. The van der Waals surface area contributed by atoms with Gasteiger partial charge in [0.2, 0.25) is 0 Å². The Kier molecular flexibility index (Phi) is 5.93. The molecule has 2 rings (SSSR count). The van der Waals surface area contributed by atoms with Crippen molar-refractivity contribution in [3.8, 4) is 0 Å². The summed E-state index contributed by atoms with van der Waals surface area (Å²) in [6.45, 7) is 5.61. The van der Waals surface area contributed by atoms with E-state index in [-0.39, 0.29) is 43.3 Å². The zero-order valence-corrected chi connectivity index (χ0v) is 14.9. The molecule has 5 nitrogen and oxygen atoms in total. The first-order valence-corrected chi connectivity index (χ1v) is 8.43. The molecule has 0 radical (unpaired) electrons. The summed E-state index contributed by atoms with van der Waals surface area (Å²) >= 11 is 0. The lowest BCUT2D eigenvalue weighted by atomic mass is 9.89. The second-order valence-electron chi connectivity index (χ2n) is 7.29. The number of hydrogen-bond donors (Lipinski definition) is 0. The van der Waals surface area contributed by atoms with E-state index in [1.54, 1.807) is 32.9 Å². The number of ketones is 2. The van der Waals surface area contributed by atoms with Crippen molar-refractivity contribution in [2.45, 2.75) is 45.6 Å². The Morgan fingerprint density at radius 2 is 2.04 bits per heavy atom. The number of benzene rings is 1. The standard InChI is InChI=1S/C19H24FNO4/c1-19(2,3)25-18(24)21-10-9-17(23)15(12-21)16(22)8-7-13-5-4-6-14(20)11-13/h4-6,11,15H,7-10,12H2,1-3H3. The third-order valence-electron chi connectivity index (χ3n) is 4.01. The topological polar surface area (TPSA) is 63.7 Å². The third-order valence-corrected chi connectivity index (χ3v) is 4.01. The first-order chi connectivity index (χ1) is 11.7. The molecule has 1 aliphatic heterocycles. The lowest BCUT2D eigenvalue weighted by Crippen LogP contribution is -2.48. The maximum atomic E-state index is 13.2. The van der Waals surface area contributed by atoms with Gasteiger partial charge in [-0.15, -0.1) is 0 Å². The number of amides is 1. The molecule has 6 heteroatoms. The molecule has 1 aliphatic rings. The van der Waals surface area contributed by atoms with Gasteiger partial charge in [-0.1, -0.05) is 12.1 Å². The number of rotatable bonds is 4. The van der Waals surface area contributed by atoms with Crippen molar-refractivity contribution >= 4 is 17.7 Å². The van der Waals surface area contributed by atoms with Crippen LogP contribution in [0.1, 0.15) is 39.2 Å². The Hall–Kier alpha value is -2.24. The molecule has 1 amide bonds. The molecule has 0 saturated carbocycles. The smallest absolute Gasteiger partial charge is 0.410 e. The minimum Gasteiger partial charge on any atom is -0.444 e. The second kappa shape index (κ2) is 7.76. The van der Waals surface area contributed by atoms with Gasteiger partial charge in [0.25, 0.3) is 0 Å².